The van der Waals surface area contributed by atoms with Crippen molar-refractivity contribution in [2.45, 2.75) is 32.9 Å². The molecule has 2 atom stereocenters. The molecule has 1 heterocycles. The zero-order valence-corrected chi connectivity index (χ0v) is 15.4. The van der Waals surface area contributed by atoms with Crippen LogP contribution in [0.5, 0.6) is 5.75 Å². The molecular formula is C21H23NO4. The van der Waals surface area contributed by atoms with Gasteiger partial charge < -0.3 is 9.47 Å². The van der Waals surface area contributed by atoms with Crippen molar-refractivity contribution >= 4 is 12.1 Å². The van der Waals surface area contributed by atoms with Gasteiger partial charge in [0.15, 0.2) is 6.04 Å². The summed E-state index contributed by atoms with van der Waals surface area (Å²) in [6.07, 6.45) is -0.915. The van der Waals surface area contributed by atoms with Crippen molar-refractivity contribution in [2.24, 2.45) is 5.41 Å². The Kier molecular flexibility index (Phi) is 4.72. The van der Waals surface area contributed by atoms with Crippen LogP contribution in [0.3, 0.4) is 0 Å². The van der Waals surface area contributed by atoms with E-state index in [2.05, 4.69) is 0 Å². The minimum Gasteiger partial charge on any atom is -0.457 e. The Balaban J connectivity index is 1.67. The third kappa shape index (κ3) is 3.57. The van der Waals surface area contributed by atoms with Crippen molar-refractivity contribution < 1.29 is 19.1 Å². The van der Waals surface area contributed by atoms with Gasteiger partial charge in [0.1, 0.15) is 11.9 Å². The number of nitrogens with zero attached hydrogens (tertiary/aromatic N) is 1. The van der Waals surface area contributed by atoms with E-state index < -0.39 is 18.1 Å². The van der Waals surface area contributed by atoms with Gasteiger partial charge in [0.05, 0.1) is 0 Å². The highest BCUT2D eigenvalue weighted by molar-refractivity contribution is 5.87. The second kappa shape index (κ2) is 6.83. The predicted molar refractivity (Wildman–Crippen MR) is 98.8 cm³/mol. The van der Waals surface area contributed by atoms with Crippen molar-refractivity contribution in [1.82, 2.24) is 4.90 Å². The van der Waals surface area contributed by atoms with Crippen LogP contribution >= 0.6 is 0 Å². The summed E-state index contributed by atoms with van der Waals surface area (Å²) in [5.41, 5.74) is 1.88. The first-order chi connectivity index (χ1) is 12.3. The standard InChI is InChI=1S/C21H23NO4/c1-21(2,3)18-17(19(23)26-18)22(4)20(24)25-16-12-10-15(11-13-16)14-8-6-5-7-9-14/h5-13,17-18H,1-4H3/t17-,18-/m1/s1. The maximum Gasteiger partial charge on any atom is 0.415 e. The number of carbonyl (C=O) groups excluding carboxylic acids is 2. The van der Waals surface area contributed by atoms with Gasteiger partial charge in [-0.1, -0.05) is 63.2 Å². The Morgan fingerprint density at radius 3 is 2.12 bits per heavy atom. The molecule has 1 amide bonds. The van der Waals surface area contributed by atoms with Crippen LogP contribution in [-0.4, -0.2) is 36.2 Å². The van der Waals surface area contributed by atoms with E-state index in [-0.39, 0.29) is 11.5 Å². The molecule has 0 saturated carbocycles. The number of likely N-dealkylation sites (N-methyl/N-ethyl adjacent to an activating group) is 1. The number of cyclic esters (lactones) is 1. The molecule has 1 aliphatic heterocycles. The van der Waals surface area contributed by atoms with Gasteiger partial charge in [-0.15, -0.1) is 0 Å². The average Bonchev–Trinajstić information content (AvgIpc) is 2.60. The van der Waals surface area contributed by atoms with E-state index in [9.17, 15) is 9.59 Å². The third-order valence-electron chi connectivity index (χ3n) is 4.50. The molecule has 0 bridgehead atoms. The van der Waals surface area contributed by atoms with Crippen molar-refractivity contribution in [3.05, 3.63) is 54.6 Å². The van der Waals surface area contributed by atoms with Gasteiger partial charge in [-0.2, -0.15) is 0 Å². The number of esters is 1. The second-order valence-corrected chi connectivity index (χ2v) is 7.54. The van der Waals surface area contributed by atoms with Crippen LogP contribution in [0.25, 0.3) is 11.1 Å². The highest BCUT2D eigenvalue weighted by atomic mass is 16.6. The van der Waals surface area contributed by atoms with E-state index in [0.717, 1.165) is 11.1 Å². The molecule has 26 heavy (non-hydrogen) atoms. The number of hydrogen-bond acceptors (Lipinski definition) is 4. The number of carbonyl (C=O) groups is 2. The van der Waals surface area contributed by atoms with Gasteiger partial charge in [-0.3, -0.25) is 4.90 Å². The molecule has 5 nitrogen and oxygen atoms in total. The number of ether oxygens (including phenoxy) is 2. The maximum atomic E-state index is 12.4. The van der Waals surface area contributed by atoms with E-state index >= 15 is 0 Å². The Hall–Kier alpha value is -2.82. The first kappa shape index (κ1) is 18.0. The van der Waals surface area contributed by atoms with Crippen molar-refractivity contribution in [3.8, 4) is 16.9 Å². The van der Waals surface area contributed by atoms with Crippen molar-refractivity contribution in [2.75, 3.05) is 7.05 Å². The number of hydrogen-bond donors (Lipinski definition) is 0. The molecule has 3 rings (SSSR count). The molecule has 1 fully saturated rings. The lowest BCUT2D eigenvalue weighted by Crippen LogP contribution is -2.64. The number of benzene rings is 2. The fourth-order valence-corrected chi connectivity index (χ4v) is 2.95. The minimum absolute atomic E-state index is 0.246. The molecule has 5 heteroatoms. The summed E-state index contributed by atoms with van der Waals surface area (Å²) in [6.45, 7) is 5.91. The Bertz CT molecular complexity index is 793. The van der Waals surface area contributed by atoms with Crippen LogP contribution in [-0.2, 0) is 9.53 Å². The van der Waals surface area contributed by atoms with E-state index in [1.54, 1.807) is 19.2 Å². The summed E-state index contributed by atoms with van der Waals surface area (Å²) >= 11 is 0. The Morgan fingerprint density at radius 2 is 1.58 bits per heavy atom. The molecule has 2 aromatic carbocycles. The molecule has 136 valence electrons. The summed E-state index contributed by atoms with van der Waals surface area (Å²) in [7, 11) is 1.56. The number of rotatable bonds is 3. The fourth-order valence-electron chi connectivity index (χ4n) is 2.95. The van der Waals surface area contributed by atoms with Crippen LogP contribution in [0, 0.1) is 5.41 Å². The van der Waals surface area contributed by atoms with Gasteiger partial charge in [0.2, 0.25) is 0 Å². The molecular weight excluding hydrogens is 330 g/mol. The molecule has 0 unspecified atom stereocenters. The highest BCUT2D eigenvalue weighted by Crippen LogP contribution is 2.35. The van der Waals surface area contributed by atoms with Crippen LogP contribution in [0.15, 0.2) is 54.6 Å². The highest BCUT2D eigenvalue weighted by Gasteiger charge is 2.52. The smallest absolute Gasteiger partial charge is 0.415 e. The maximum absolute atomic E-state index is 12.4. The quantitative estimate of drug-likeness (QED) is 0.779. The Labute approximate surface area is 153 Å². The molecule has 1 aliphatic rings. The molecule has 0 radical (unpaired) electrons. The zero-order valence-electron chi connectivity index (χ0n) is 15.4. The first-order valence-electron chi connectivity index (χ1n) is 8.58. The molecule has 0 aliphatic carbocycles. The summed E-state index contributed by atoms with van der Waals surface area (Å²) < 4.78 is 10.6. The second-order valence-electron chi connectivity index (χ2n) is 7.54. The van der Waals surface area contributed by atoms with Gasteiger partial charge >= 0.3 is 12.1 Å². The van der Waals surface area contributed by atoms with Crippen LogP contribution in [0.1, 0.15) is 20.8 Å². The van der Waals surface area contributed by atoms with Gasteiger partial charge in [0, 0.05) is 12.5 Å². The lowest BCUT2D eigenvalue weighted by Gasteiger charge is -2.46. The molecule has 1 saturated heterocycles. The summed E-state index contributed by atoms with van der Waals surface area (Å²) in [5, 5.41) is 0. The van der Waals surface area contributed by atoms with E-state index in [0.29, 0.717) is 5.75 Å². The largest absolute Gasteiger partial charge is 0.457 e. The summed E-state index contributed by atoms with van der Waals surface area (Å²) in [6, 6.07) is 16.6. The van der Waals surface area contributed by atoms with E-state index in [1.807, 2.05) is 63.2 Å². The predicted octanol–water partition coefficient (Wildman–Crippen LogP) is 4.12. The van der Waals surface area contributed by atoms with E-state index in [4.69, 9.17) is 9.47 Å². The van der Waals surface area contributed by atoms with E-state index in [1.165, 1.54) is 4.90 Å². The minimum atomic E-state index is -0.619. The monoisotopic (exact) mass is 353 g/mol. The van der Waals surface area contributed by atoms with Gasteiger partial charge in [-0.25, -0.2) is 9.59 Å². The zero-order chi connectivity index (χ0) is 18.9. The third-order valence-corrected chi connectivity index (χ3v) is 4.50. The van der Waals surface area contributed by atoms with Crippen LogP contribution < -0.4 is 4.74 Å². The average molecular weight is 353 g/mol. The topological polar surface area (TPSA) is 55.8 Å². The molecule has 0 spiro atoms. The van der Waals surface area contributed by atoms with Gasteiger partial charge in [0.25, 0.3) is 0 Å². The van der Waals surface area contributed by atoms with Crippen LogP contribution in [0.2, 0.25) is 0 Å². The SMILES string of the molecule is CN(C(=O)Oc1ccc(-c2ccccc2)cc1)[C@H]1C(=O)O[C@H]1C(C)(C)C. The molecule has 0 N–H and O–H groups in total. The lowest BCUT2D eigenvalue weighted by atomic mass is 9.81. The first-order valence-corrected chi connectivity index (χ1v) is 8.58. The van der Waals surface area contributed by atoms with Crippen molar-refractivity contribution in [1.29, 1.82) is 0 Å². The molecule has 0 aromatic heterocycles. The van der Waals surface area contributed by atoms with Crippen molar-refractivity contribution in [3.63, 3.8) is 0 Å². The van der Waals surface area contributed by atoms with Gasteiger partial charge in [-0.05, 0) is 23.3 Å². The van der Waals surface area contributed by atoms with Crippen LogP contribution in [0.4, 0.5) is 4.79 Å². The Morgan fingerprint density at radius 1 is 1.00 bits per heavy atom. The number of amides is 1. The summed E-state index contributed by atoms with van der Waals surface area (Å²) in [5.74, 6) is 0.0327. The molecule has 2 aromatic rings. The lowest BCUT2D eigenvalue weighted by molar-refractivity contribution is -0.197. The normalized spacial score (nSPS) is 19.3. The fraction of sp³-hybridized carbons (Fsp3) is 0.333. The summed E-state index contributed by atoms with van der Waals surface area (Å²) in [4.78, 5) is 25.5.